The Hall–Kier alpha value is -1.25. The molecule has 0 bridgehead atoms. The summed E-state index contributed by atoms with van der Waals surface area (Å²) in [6.45, 7) is 8.26. The van der Waals surface area contributed by atoms with Gasteiger partial charge in [0.05, 0.1) is 24.3 Å². The SMILES string of the molecule is CC(CO)(CO)NC(=O)OC(C)(C)C.CC1(CCl)COC(=O)N1. The smallest absolute Gasteiger partial charge is 0.408 e. The van der Waals surface area contributed by atoms with E-state index in [2.05, 4.69) is 15.4 Å². The largest absolute Gasteiger partial charge is 0.447 e. The van der Waals surface area contributed by atoms with E-state index in [9.17, 15) is 9.59 Å². The van der Waals surface area contributed by atoms with Gasteiger partial charge in [0.15, 0.2) is 0 Å². The van der Waals surface area contributed by atoms with Crippen LogP contribution in [0.2, 0.25) is 0 Å². The number of hydrogen-bond acceptors (Lipinski definition) is 6. The maximum atomic E-state index is 11.2. The van der Waals surface area contributed by atoms with Gasteiger partial charge in [0.1, 0.15) is 12.2 Å². The zero-order valence-electron chi connectivity index (χ0n) is 14.2. The average Bonchev–Trinajstić information content (AvgIpc) is 2.77. The number of aliphatic hydroxyl groups excluding tert-OH is 2. The second-order valence-corrected chi connectivity index (χ2v) is 7.17. The van der Waals surface area contributed by atoms with Crippen molar-refractivity contribution in [2.24, 2.45) is 0 Å². The van der Waals surface area contributed by atoms with E-state index in [0.717, 1.165) is 0 Å². The van der Waals surface area contributed by atoms with Crippen molar-refractivity contribution in [3.8, 4) is 0 Å². The first-order valence-corrected chi connectivity index (χ1v) is 7.66. The highest BCUT2D eigenvalue weighted by Crippen LogP contribution is 2.12. The second-order valence-electron chi connectivity index (χ2n) is 6.90. The van der Waals surface area contributed by atoms with Gasteiger partial charge in [-0.3, -0.25) is 0 Å². The third kappa shape index (κ3) is 8.83. The number of ether oxygens (including phenoxy) is 2. The molecule has 1 saturated heterocycles. The van der Waals surface area contributed by atoms with E-state index in [1.165, 1.54) is 6.92 Å². The summed E-state index contributed by atoms with van der Waals surface area (Å²) in [5, 5.41) is 22.8. The van der Waals surface area contributed by atoms with Crippen LogP contribution in [0.1, 0.15) is 34.6 Å². The molecule has 4 N–H and O–H groups in total. The second kappa shape index (κ2) is 8.56. The minimum Gasteiger partial charge on any atom is -0.447 e. The molecule has 0 saturated carbocycles. The van der Waals surface area contributed by atoms with E-state index in [1.54, 1.807) is 20.8 Å². The molecule has 1 heterocycles. The number of hydrogen-bond donors (Lipinski definition) is 4. The van der Waals surface area contributed by atoms with E-state index >= 15 is 0 Å². The predicted molar refractivity (Wildman–Crippen MR) is 85.6 cm³/mol. The van der Waals surface area contributed by atoms with Crippen molar-refractivity contribution in [3.05, 3.63) is 0 Å². The highest BCUT2D eigenvalue weighted by atomic mass is 35.5. The summed E-state index contributed by atoms with van der Waals surface area (Å²) in [7, 11) is 0. The van der Waals surface area contributed by atoms with Crippen LogP contribution < -0.4 is 10.6 Å². The van der Waals surface area contributed by atoms with Crippen LogP contribution >= 0.6 is 11.6 Å². The fourth-order valence-electron chi connectivity index (χ4n) is 1.29. The van der Waals surface area contributed by atoms with Crippen molar-refractivity contribution in [2.45, 2.75) is 51.3 Å². The number of nitrogens with one attached hydrogen (secondary N) is 2. The molecule has 0 radical (unpaired) electrons. The van der Waals surface area contributed by atoms with Crippen molar-refractivity contribution in [3.63, 3.8) is 0 Å². The van der Waals surface area contributed by atoms with Crippen LogP contribution in [0, 0.1) is 0 Å². The molecule has 0 aromatic heterocycles. The van der Waals surface area contributed by atoms with Crippen molar-refractivity contribution in [1.82, 2.24) is 10.6 Å². The van der Waals surface area contributed by atoms with Crippen molar-refractivity contribution in [2.75, 3.05) is 25.7 Å². The molecule has 0 aromatic rings. The lowest BCUT2D eigenvalue weighted by molar-refractivity contribution is 0.0331. The molecule has 1 aliphatic heterocycles. The summed E-state index contributed by atoms with van der Waals surface area (Å²) in [6, 6.07) is 0. The molecule has 1 unspecified atom stereocenters. The summed E-state index contributed by atoms with van der Waals surface area (Å²) in [4.78, 5) is 21.7. The fraction of sp³-hybridized carbons (Fsp3) is 0.857. The first kappa shape index (κ1) is 21.8. The van der Waals surface area contributed by atoms with E-state index in [-0.39, 0.29) is 24.8 Å². The molecule has 136 valence electrons. The van der Waals surface area contributed by atoms with Crippen molar-refractivity contribution >= 4 is 23.8 Å². The van der Waals surface area contributed by atoms with Gasteiger partial charge in [0.2, 0.25) is 0 Å². The average molecular weight is 355 g/mol. The number of cyclic esters (lactones) is 1. The van der Waals surface area contributed by atoms with E-state index in [4.69, 9.17) is 26.6 Å². The van der Waals surface area contributed by atoms with Gasteiger partial charge < -0.3 is 30.3 Å². The Morgan fingerprint density at radius 2 is 1.91 bits per heavy atom. The maximum Gasteiger partial charge on any atom is 0.408 e. The Bertz CT molecular complexity index is 409. The molecule has 0 aliphatic carbocycles. The minimum atomic E-state index is -1.04. The van der Waals surface area contributed by atoms with Crippen molar-refractivity contribution in [1.29, 1.82) is 0 Å². The number of aliphatic hydroxyl groups is 2. The number of carbonyl (C=O) groups is 2. The Labute approximate surface area is 141 Å². The summed E-state index contributed by atoms with van der Waals surface area (Å²) in [5.74, 6) is 0.388. The Balaban J connectivity index is 0.000000459. The van der Waals surface area contributed by atoms with Crippen LogP contribution in [0.4, 0.5) is 9.59 Å². The normalized spacial score (nSPS) is 20.8. The standard InChI is InChI=1S/C9H19NO4.C5H8ClNO2/c1-8(2,3)14-7(13)10-9(4,5-11)6-12;1-5(2-6)3-9-4(8)7-5/h11-12H,5-6H2,1-4H3,(H,10,13);2-3H2,1H3,(H,7,8). The van der Waals surface area contributed by atoms with Gasteiger partial charge in [-0.05, 0) is 34.6 Å². The Morgan fingerprint density at radius 3 is 2.17 bits per heavy atom. The number of alkyl carbamates (subject to hydrolysis) is 2. The number of halogens is 1. The highest BCUT2D eigenvalue weighted by Gasteiger charge is 2.33. The van der Waals surface area contributed by atoms with Gasteiger partial charge in [-0.2, -0.15) is 0 Å². The molecule has 1 atom stereocenters. The third-order valence-corrected chi connectivity index (χ3v) is 3.31. The number of amides is 2. The molecular formula is C14H27ClN2O6. The van der Waals surface area contributed by atoms with Crippen LogP contribution in [0.5, 0.6) is 0 Å². The molecule has 2 amide bonds. The molecule has 9 heteroatoms. The maximum absolute atomic E-state index is 11.2. The first-order chi connectivity index (χ1) is 10.4. The third-order valence-electron chi connectivity index (χ3n) is 2.72. The van der Waals surface area contributed by atoms with Gasteiger partial charge in [-0.15, -0.1) is 11.6 Å². The van der Waals surface area contributed by atoms with Crippen molar-refractivity contribution < 1.29 is 29.3 Å². The van der Waals surface area contributed by atoms with Crippen LogP contribution in [0.3, 0.4) is 0 Å². The van der Waals surface area contributed by atoms with E-state index in [0.29, 0.717) is 12.5 Å². The first-order valence-electron chi connectivity index (χ1n) is 7.12. The molecule has 0 aromatic carbocycles. The number of alkyl halides is 1. The van der Waals surface area contributed by atoms with Gasteiger partial charge >= 0.3 is 12.2 Å². The van der Waals surface area contributed by atoms with Crippen LogP contribution in [-0.4, -0.2) is 64.8 Å². The van der Waals surface area contributed by atoms with Crippen LogP contribution in [0.25, 0.3) is 0 Å². The topological polar surface area (TPSA) is 117 Å². The van der Waals surface area contributed by atoms with Gasteiger partial charge in [-0.25, -0.2) is 9.59 Å². The van der Waals surface area contributed by atoms with Crippen LogP contribution in [0.15, 0.2) is 0 Å². The molecule has 1 rings (SSSR count). The monoisotopic (exact) mass is 354 g/mol. The van der Waals surface area contributed by atoms with Gasteiger partial charge in [0.25, 0.3) is 0 Å². The zero-order valence-corrected chi connectivity index (χ0v) is 15.0. The number of rotatable bonds is 4. The Morgan fingerprint density at radius 1 is 1.39 bits per heavy atom. The van der Waals surface area contributed by atoms with Crippen LogP contribution in [-0.2, 0) is 9.47 Å². The van der Waals surface area contributed by atoms with Gasteiger partial charge in [0, 0.05) is 5.88 Å². The Kier molecular flexibility index (Phi) is 8.09. The molecule has 1 fully saturated rings. The summed E-state index contributed by atoms with van der Waals surface area (Å²) in [5.41, 5.74) is -1.98. The van der Waals surface area contributed by atoms with Gasteiger partial charge in [-0.1, -0.05) is 0 Å². The summed E-state index contributed by atoms with van der Waals surface area (Å²) < 4.78 is 9.59. The summed E-state index contributed by atoms with van der Waals surface area (Å²) >= 11 is 5.52. The molecule has 0 spiro atoms. The zero-order chi connectivity index (χ0) is 18.3. The molecule has 1 aliphatic rings. The quantitative estimate of drug-likeness (QED) is 0.559. The molecule has 8 nitrogen and oxygen atoms in total. The molecular weight excluding hydrogens is 328 g/mol. The van der Waals surface area contributed by atoms with E-state index in [1.807, 2.05) is 6.92 Å². The number of carbonyl (C=O) groups excluding carboxylic acids is 2. The lowest BCUT2D eigenvalue weighted by Gasteiger charge is -2.28. The molecule has 23 heavy (non-hydrogen) atoms. The predicted octanol–water partition coefficient (Wildman–Crippen LogP) is 0.978. The highest BCUT2D eigenvalue weighted by molar-refractivity contribution is 6.18. The summed E-state index contributed by atoms with van der Waals surface area (Å²) in [6.07, 6.45) is -1.03. The minimum absolute atomic E-state index is 0.345. The lowest BCUT2D eigenvalue weighted by atomic mass is 10.1. The van der Waals surface area contributed by atoms with E-state index < -0.39 is 17.2 Å². The fourth-order valence-corrected chi connectivity index (χ4v) is 1.44. The lowest BCUT2D eigenvalue weighted by Crippen LogP contribution is -2.53.